The third-order valence-corrected chi connectivity index (χ3v) is 5.46. The highest BCUT2D eigenvalue weighted by Crippen LogP contribution is 2.27. The van der Waals surface area contributed by atoms with Crippen LogP contribution in [0.25, 0.3) is 5.69 Å². The van der Waals surface area contributed by atoms with Gasteiger partial charge < -0.3 is 10.2 Å². The van der Waals surface area contributed by atoms with Gasteiger partial charge in [0.05, 0.1) is 18.0 Å². The molecule has 0 saturated carbocycles. The first kappa shape index (κ1) is 18.5. The fourth-order valence-corrected chi connectivity index (χ4v) is 4.17. The van der Waals surface area contributed by atoms with Gasteiger partial charge in [0.15, 0.2) is 0 Å². The monoisotopic (exact) mass is 404 g/mol. The van der Waals surface area contributed by atoms with Crippen molar-refractivity contribution in [3.8, 4) is 5.69 Å². The Hall–Kier alpha value is -2.88. The van der Waals surface area contributed by atoms with Crippen molar-refractivity contribution in [3.63, 3.8) is 0 Å². The summed E-state index contributed by atoms with van der Waals surface area (Å²) in [5.41, 5.74) is 1.12. The molecule has 7 nitrogen and oxygen atoms in total. The van der Waals surface area contributed by atoms with Crippen LogP contribution in [0.5, 0.6) is 0 Å². The Labute approximate surface area is 164 Å². The molecule has 0 aromatic carbocycles. The molecular weight excluding hydrogens is 386 g/mol. The largest absolute Gasteiger partial charge is 0.365 e. The van der Waals surface area contributed by atoms with Gasteiger partial charge in [0.2, 0.25) is 0 Å². The number of alkyl halides is 2. The predicted octanol–water partition coefficient (Wildman–Crippen LogP) is 3.38. The summed E-state index contributed by atoms with van der Waals surface area (Å²) < 4.78 is 25.8. The number of carbonyl (C=O) groups is 1. The molecule has 10 heteroatoms. The zero-order valence-electron chi connectivity index (χ0n) is 15.0. The number of nitrogens with zero attached hydrogens (tertiary/aromatic N) is 5. The summed E-state index contributed by atoms with van der Waals surface area (Å²) in [5.74, 6) is 0.293. The highest BCUT2D eigenvalue weighted by molar-refractivity contribution is 7.08. The van der Waals surface area contributed by atoms with Gasteiger partial charge in [-0.3, -0.25) is 4.79 Å². The molecule has 4 rings (SSSR count). The van der Waals surface area contributed by atoms with Crippen molar-refractivity contribution in [3.05, 3.63) is 52.6 Å². The van der Waals surface area contributed by atoms with Crippen LogP contribution in [0.2, 0.25) is 0 Å². The molecule has 3 aromatic heterocycles. The lowest BCUT2D eigenvalue weighted by molar-refractivity contribution is 0.0746. The molecule has 1 aliphatic rings. The van der Waals surface area contributed by atoms with Crippen molar-refractivity contribution in [1.29, 1.82) is 0 Å². The van der Waals surface area contributed by atoms with Crippen LogP contribution >= 0.6 is 11.3 Å². The number of halogens is 2. The van der Waals surface area contributed by atoms with E-state index in [4.69, 9.17) is 0 Å². The molecule has 1 saturated heterocycles. The van der Waals surface area contributed by atoms with Gasteiger partial charge in [-0.25, -0.2) is 13.8 Å². The van der Waals surface area contributed by atoms with Crippen molar-refractivity contribution < 1.29 is 13.6 Å². The van der Waals surface area contributed by atoms with E-state index in [0.29, 0.717) is 30.0 Å². The molecule has 0 spiro atoms. The Morgan fingerprint density at radius 1 is 1.29 bits per heavy atom. The second-order valence-electron chi connectivity index (χ2n) is 6.65. The number of amides is 1. The number of hydrogen-bond acceptors (Lipinski definition) is 6. The molecule has 0 unspecified atom stereocenters. The Bertz CT molecular complexity index is 961. The molecule has 146 valence electrons. The second kappa shape index (κ2) is 7.63. The number of likely N-dealkylation sites (tertiary alicyclic amines) is 1. The normalized spacial score (nSPS) is 19.4. The maximum atomic E-state index is 13.1. The van der Waals surface area contributed by atoms with E-state index in [0.717, 1.165) is 0 Å². The number of pyridine rings is 1. The number of rotatable bonds is 5. The Morgan fingerprint density at radius 2 is 2.07 bits per heavy atom. The predicted molar refractivity (Wildman–Crippen MR) is 101 cm³/mol. The van der Waals surface area contributed by atoms with E-state index in [-0.39, 0.29) is 23.6 Å². The van der Waals surface area contributed by atoms with E-state index in [1.165, 1.54) is 34.5 Å². The van der Waals surface area contributed by atoms with Gasteiger partial charge in [-0.2, -0.15) is 10.2 Å². The van der Waals surface area contributed by atoms with E-state index in [1.54, 1.807) is 22.7 Å². The van der Waals surface area contributed by atoms with Crippen LogP contribution in [-0.4, -0.2) is 49.4 Å². The Morgan fingerprint density at radius 3 is 2.82 bits per heavy atom. The summed E-state index contributed by atoms with van der Waals surface area (Å²) in [6.45, 7) is 2.43. The minimum absolute atomic E-state index is 0.00149. The highest BCUT2D eigenvalue weighted by Gasteiger charge is 2.34. The zero-order chi connectivity index (χ0) is 19.7. The summed E-state index contributed by atoms with van der Waals surface area (Å²) in [4.78, 5) is 20.4. The lowest BCUT2D eigenvalue weighted by Crippen LogP contribution is -2.35. The van der Waals surface area contributed by atoms with E-state index >= 15 is 0 Å². The molecule has 28 heavy (non-hydrogen) atoms. The van der Waals surface area contributed by atoms with Crippen LogP contribution in [0, 0.1) is 0 Å². The Balaban J connectivity index is 1.48. The molecule has 4 heterocycles. The van der Waals surface area contributed by atoms with Gasteiger partial charge in [-0.1, -0.05) is 0 Å². The fraction of sp³-hybridized carbons (Fsp3) is 0.333. The number of aromatic nitrogens is 4. The SMILES string of the molecule is C[C@@H]1C[C@@H](Nc2cc(C(F)F)ccn2)CN1C(=O)c1cscc1-n1nccn1. The van der Waals surface area contributed by atoms with Crippen molar-refractivity contribution in [2.45, 2.75) is 31.9 Å². The lowest BCUT2D eigenvalue weighted by Gasteiger charge is -2.21. The minimum Gasteiger partial charge on any atom is -0.365 e. The van der Waals surface area contributed by atoms with Gasteiger partial charge in [0.1, 0.15) is 11.5 Å². The molecule has 0 aliphatic carbocycles. The van der Waals surface area contributed by atoms with E-state index in [1.807, 2.05) is 12.3 Å². The number of carbonyl (C=O) groups excluding carboxylic acids is 1. The number of hydrogen-bond donors (Lipinski definition) is 1. The van der Waals surface area contributed by atoms with Crippen LogP contribution in [0.3, 0.4) is 0 Å². The van der Waals surface area contributed by atoms with Crippen LogP contribution in [0.4, 0.5) is 14.6 Å². The average Bonchev–Trinajstić information content (AvgIpc) is 3.42. The molecule has 1 aliphatic heterocycles. The lowest BCUT2D eigenvalue weighted by atomic mass is 10.2. The van der Waals surface area contributed by atoms with Crippen LogP contribution in [0.1, 0.15) is 35.7 Å². The summed E-state index contributed by atoms with van der Waals surface area (Å²) in [6, 6.07) is 2.58. The molecule has 2 atom stereocenters. The van der Waals surface area contributed by atoms with Crippen molar-refractivity contribution in [2.24, 2.45) is 0 Å². The number of nitrogens with one attached hydrogen (secondary N) is 1. The van der Waals surface area contributed by atoms with Crippen LogP contribution in [0.15, 0.2) is 41.5 Å². The first-order chi connectivity index (χ1) is 13.5. The maximum Gasteiger partial charge on any atom is 0.264 e. The van der Waals surface area contributed by atoms with Crippen molar-refractivity contribution in [2.75, 3.05) is 11.9 Å². The van der Waals surface area contributed by atoms with E-state index in [2.05, 4.69) is 20.5 Å². The first-order valence-corrected chi connectivity index (χ1v) is 9.71. The topological polar surface area (TPSA) is 75.9 Å². The quantitative estimate of drug-likeness (QED) is 0.706. The summed E-state index contributed by atoms with van der Waals surface area (Å²) in [6.07, 6.45) is 2.64. The maximum absolute atomic E-state index is 13.1. The minimum atomic E-state index is -2.54. The third-order valence-electron chi connectivity index (χ3n) is 4.73. The number of thiophene rings is 1. The van der Waals surface area contributed by atoms with Gasteiger partial charge in [0.25, 0.3) is 12.3 Å². The molecule has 1 fully saturated rings. The molecule has 0 bridgehead atoms. The van der Waals surface area contributed by atoms with Gasteiger partial charge >= 0.3 is 0 Å². The van der Waals surface area contributed by atoms with Gasteiger partial charge in [-0.15, -0.1) is 16.1 Å². The molecule has 1 N–H and O–H groups in total. The standard InChI is InChI=1S/C18H18F2N6OS/c1-11-6-13(24-16-7-12(17(19)20)2-3-21-16)8-25(11)18(27)14-9-28-10-15(14)26-22-4-5-23-26/h2-5,7,9-11,13,17H,6,8H2,1H3,(H,21,24)/t11-,13-/m1/s1. The van der Waals surface area contributed by atoms with E-state index in [9.17, 15) is 13.6 Å². The Kier molecular flexibility index (Phi) is 5.03. The van der Waals surface area contributed by atoms with Crippen molar-refractivity contribution >= 4 is 23.1 Å². The van der Waals surface area contributed by atoms with Crippen LogP contribution < -0.4 is 5.32 Å². The first-order valence-electron chi connectivity index (χ1n) is 8.77. The smallest absolute Gasteiger partial charge is 0.264 e. The fourth-order valence-electron chi connectivity index (χ4n) is 3.39. The molecular formula is C18H18F2N6OS. The van der Waals surface area contributed by atoms with E-state index < -0.39 is 6.43 Å². The summed E-state index contributed by atoms with van der Waals surface area (Å²) in [7, 11) is 0. The summed E-state index contributed by atoms with van der Waals surface area (Å²) in [5, 5.41) is 15.0. The molecule has 3 aromatic rings. The molecule has 1 amide bonds. The summed E-state index contributed by atoms with van der Waals surface area (Å²) >= 11 is 1.42. The highest BCUT2D eigenvalue weighted by atomic mass is 32.1. The second-order valence-corrected chi connectivity index (χ2v) is 7.39. The molecule has 0 radical (unpaired) electrons. The van der Waals surface area contributed by atoms with Crippen LogP contribution in [-0.2, 0) is 0 Å². The van der Waals surface area contributed by atoms with Crippen molar-refractivity contribution in [1.82, 2.24) is 24.9 Å². The van der Waals surface area contributed by atoms with Gasteiger partial charge in [0, 0.05) is 41.1 Å². The number of anilines is 1. The third kappa shape index (κ3) is 3.59. The van der Waals surface area contributed by atoms with Gasteiger partial charge in [-0.05, 0) is 25.5 Å². The average molecular weight is 404 g/mol. The zero-order valence-corrected chi connectivity index (χ0v) is 15.8.